The van der Waals surface area contributed by atoms with Gasteiger partial charge in [-0.1, -0.05) is 112 Å². The molecule has 0 radical (unpaired) electrons. The Kier molecular flexibility index (Phi) is 14.4. The molecule has 0 bridgehead atoms. The van der Waals surface area contributed by atoms with E-state index in [4.69, 9.17) is 23.1 Å². The summed E-state index contributed by atoms with van der Waals surface area (Å²) in [4.78, 5) is 16.6. The van der Waals surface area contributed by atoms with Crippen LogP contribution in [0, 0.1) is 0 Å². The van der Waals surface area contributed by atoms with Gasteiger partial charge in [0.2, 0.25) is 0 Å². The van der Waals surface area contributed by atoms with E-state index in [0.717, 1.165) is 10.4 Å². The molecule has 1 unspecified atom stereocenters. The number of carbonyl (C=O) groups excluding carboxylic acids is 1. The Morgan fingerprint density at radius 3 is 1.88 bits per heavy atom. The number of carbonyl (C=O) groups is 1. The lowest BCUT2D eigenvalue weighted by molar-refractivity contribution is -0.311. The van der Waals surface area contributed by atoms with Crippen LogP contribution in [0.1, 0.15) is 65.0 Å². The smallest absolute Gasteiger partial charge is 0.428 e. The summed E-state index contributed by atoms with van der Waals surface area (Å²) in [5.74, 6) is -1.88. The zero-order chi connectivity index (χ0) is 44.0. The summed E-state index contributed by atoms with van der Waals surface area (Å²) in [7, 11) is -2.95. The van der Waals surface area contributed by atoms with Gasteiger partial charge in [0.25, 0.3) is 25.7 Å². The fourth-order valence-corrected chi connectivity index (χ4v) is 11.6. The molecule has 0 saturated carbocycles. The van der Waals surface area contributed by atoms with Gasteiger partial charge in [0.15, 0.2) is 5.69 Å². The van der Waals surface area contributed by atoms with E-state index in [1.54, 1.807) is 30.3 Å². The standard InChI is InChI=1S/C42H45BrF6N4O6Si/c1-38(2,3)59-37(54)50-32-25-31(41(44,45)46)34(43)51-33(32)35-52-53-36(58-35)40(42(47,48)49,56-26-28-17-10-7-11-18-28)27-55-23-16-24-57-60(39(4,5)6,29-19-12-8-13-20-29)30-21-14-9-15-22-30/h7-15,17-22,25H,16,23-24,26-27H2,1-6H3,(H,50,54). The molecule has 2 aromatic heterocycles. The van der Waals surface area contributed by atoms with Crippen LogP contribution in [0.25, 0.3) is 11.6 Å². The van der Waals surface area contributed by atoms with Crippen LogP contribution < -0.4 is 15.7 Å². The Morgan fingerprint density at radius 2 is 1.37 bits per heavy atom. The van der Waals surface area contributed by atoms with Gasteiger partial charge in [-0.25, -0.2) is 9.78 Å². The van der Waals surface area contributed by atoms with Crippen molar-refractivity contribution in [3.05, 3.63) is 119 Å². The van der Waals surface area contributed by atoms with Crippen LogP contribution in [0.15, 0.2) is 106 Å². The van der Waals surface area contributed by atoms with E-state index in [2.05, 4.69) is 57.2 Å². The molecule has 0 aliphatic heterocycles. The first-order chi connectivity index (χ1) is 28.1. The van der Waals surface area contributed by atoms with Crippen molar-refractivity contribution in [1.82, 2.24) is 15.2 Å². The first-order valence-corrected chi connectivity index (χ1v) is 21.5. The largest absolute Gasteiger partial charge is 0.444 e. The predicted molar refractivity (Wildman–Crippen MR) is 218 cm³/mol. The minimum Gasteiger partial charge on any atom is -0.444 e. The second kappa shape index (κ2) is 18.6. The molecule has 0 spiro atoms. The molecule has 1 atom stereocenters. The summed E-state index contributed by atoms with van der Waals surface area (Å²) in [5, 5.41) is 11.3. The SMILES string of the molecule is CC(C)(C)OC(=O)Nc1cc(C(F)(F)F)c(Br)nc1-c1nnc(C(COCCCO[Si](c2ccccc2)(c2ccccc2)C(C)(C)C)(OCc2ccccc2)C(F)(F)F)o1. The summed E-state index contributed by atoms with van der Waals surface area (Å²) < 4.78 is 117. The van der Waals surface area contributed by atoms with Gasteiger partial charge in [0, 0.05) is 13.2 Å². The number of hydrogen-bond donors (Lipinski definition) is 1. The first-order valence-electron chi connectivity index (χ1n) is 18.8. The van der Waals surface area contributed by atoms with E-state index in [0.29, 0.717) is 11.6 Å². The van der Waals surface area contributed by atoms with Crippen molar-refractivity contribution in [1.29, 1.82) is 0 Å². The highest BCUT2D eigenvalue weighted by atomic mass is 79.9. The van der Waals surface area contributed by atoms with Gasteiger partial charge in [0.1, 0.15) is 10.2 Å². The molecular weight excluding hydrogens is 878 g/mol. The third kappa shape index (κ3) is 10.8. The average Bonchev–Trinajstić information content (AvgIpc) is 3.66. The third-order valence-corrected chi connectivity index (χ3v) is 14.8. The number of amides is 1. The van der Waals surface area contributed by atoms with E-state index >= 15 is 13.2 Å². The normalized spacial score (nSPS) is 13.8. The maximum atomic E-state index is 15.5. The van der Waals surface area contributed by atoms with E-state index in [-0.39, 0.29) is 24.7 Å². The molecule has 0 aliphatic rings. The van der Waals surface area contributed by atoms with Crippen LogP contribution in [-0.4, -0.2) is 61.2 Å². The van der Waals surface area contributed by atoms with Crippen molar-refractivity contribution >= 4 is 46.4 Å². The lowest BCUT2D eigenvalue weighted by atomic mass is 10.0. The van der Waals surface area contributed by atoms with Gasteiger partial charge in [-0.15, -0.1) is 10.2 Å². The number of anilines is 1. The van der Waals surface area contributed by atoms with Crippen molar-refractivity contribution in [2.24, 2.45) is 0 Å². The molecule has 1 N–H and O–H groups in total. The number of nitrogens with zero attached hydrogens (tertiary/aromatic N) is 3. The summed E-state index contributed by atoms with van der Waals surface area (Å²) in [5.41, 5.74) is -6.58. The second-order valence-corrected chi connectivity index (χ2v) is 20.8. The van der Waals surface area contributed by atoms with Crippen LogP contribution in [0.2, 0.25) is 5.04 Å². The van der Waals surface area contributed by atoms with Gasteiger partial charge in [0.05, 0.1) is 24.5 Å². The molecular formula is C42H45BrF6N4O6Si. The van der Waals surface area contributed by atoms with Crippen molar-refractivity contribution in [3.63, 3.8) is 0 Å². The second-order valence-electron chi connectivity index (χ2n) is 15.8. The maximum absolute atomic E-state index is 15.5. The van der Waals surface area contributed by atoms with Gasteiger partial charge in [-0.05, 0) is 70.2 Å². The van der Waals surface area contributed by atoms with Crippen LogP contribution >= 0.6 is 15.9 Å². The van der Waals surface area contributed by atoms with Crippen LogP contribution in [0.3, 0.4) is 0 Å². The number of ether oxygens (including phenoxy) is 3. The monoisotopic (exact) mass is 922 g/mol. The number of rotatable bonds is 15. The number of alkyl halides is 6. The van der Waals surface area contributed by atoms with Crippen molar-refractivity contribution in [2.75, 3.05) is 25.1 Å². The zero-order valence-electron chi connectivity index (χ0n) is 33.7. The Labute approximate surface area is 353 Å². The Bertz CT molecular complexity index is 2140. The number of nitrogens with one attached hydrogen (secondary N) is 1. The maximum Gasteiger partial charge on any atom is 0.428 e. The predicted octanol–water partition coefficient (Wildman–Crippen LogP) is 10.2. The summed E-state index contributed by atoms with van der Waals surface area (Å²) in [6.45, 7) is 9.09. The van der Waals surface area contributed by atoms with Crippen LogP contribution in [0.5, 0.6) is 0 Å². The third-order valence-electron chi connectivity index (χ3n) is 9.15. The van der Waals surface area contributed by atoms with Crippen molar-refractivity contribution in [2.45, 2.75) is 83.2 Å². The van der Waals surface area contributed by atoms with Crippen LogP contribution in [-0.2, 0) is 37.0 Å². The molecule has 0 aliphatic carbocycles. The van der Waals surface area contributed by atoms with Gasteiger partial charge < -0.3 is 23.1 Å². The Balaban J connectivity index is 1.46. The Hall–Kier alpha value is -4.62. The van der Waals surface area contributed by atoms with Crippen molar-refractivity contribution < 1.29 is 54.2 Å². The molecule has 5 aromatic rings. The molecule has 5 rings (SSSR count). The molecule has 0 saturated heterocycles. The van der Waals surface area contributed by atoms with E-state index < -0.39 is 84.5 Å². The van der Waals surface area contributed by atoms with Gasteiger partial charge in [-0.3, -0.25) is 5.32 Å². The van der Waals surface area contributed by atoms with E-state index in [1.165, 1.54) is 20.8 Å². The molecule has 60 heavy (non-hydrogen) atoms. The van der Waals surface area contributed by atoms with Gasteiger partial charge >= 0.3 is 18.4 Å². The average molecular weight is 924 g/mol. The number of pyridine rings is 1. The summed E-state index contributed by atoms with van der Waals surface area (Å²) in [6.07, 6.45) is -11.2. The highest BCUT2D eigenvalue weighted by Crippen LogP contribution is 2.45. The fourth-order valence-electron chi connectivity index (χ4n) is 6.44. The molecule has 1 amide bonds. The Morgan fingerprint density at radius 1 is 0.800 bits per heavy atom. The highest BCUT2D eigenvalue weighted by molar-refractivity contribution is 9.10. The molecule has 10 nitrogen and oxygen atoms in total. The summed E-state index contributed by atoms with van der Waals surface area (Å²) >= 11 is 2.76. The number of hydrogen-bond acceptors (Lipinski definition) is 9. The van der Waals surface area contributed by atoms with Crippen LogP contribution in [0.4, 0.5) is 36.8 Å². The van der Waals surface area contributed by atoms with Gasteiger partial charge in [-0.2, -0.15) is 26.3 Å². The number of aromatic nitrogens is 3. The quantitative estimate of drug-likeness (QED) is 0.0474. The molecule has 0 fully saturated rings. The molecule has 18 heteroatoms. The lowest BCUT2D eigenvalue weighted by Crippen LogP contribution is -2.66. The minimum absolute atomic E-state index is 0.143. The topological polar surface area (TPSA) is 118 Å². The molecule has 3 aromatic carbocycles. The zero-order valence-corrected chi connectivity index (χ0v) is 36.3. The molecule has 2 heterocycles. The number of benzene rings is 3. The molecule has 322 valence electrons. The lowest BCUT2D eigenvalue weighted by Gasteiger charge is -2.43. The first kappa shape index (κ1) is 46.4. The van der Waals surface area contributed by atoms with Crippen molar-refractivity contribution in [3.8, 4) is 11.6 Å². The van der Waals surface area contributed by atoms with E-state index in [9.17, 15) is 18.0 Å². The fraction of sp³-hybridized carbons (Fsp3) is 0.381. The summed E-state index contributed by atoms with van der Waals surface area (Å²) in [6, 6.07) is 28.3. The highest BCUT2D eigenvalue weighted by Gasteiger charge is 2.62. The van der Waals surface area contributed by atoms with E-state index in [1.807, 2.05) is 60.7 Å². The number of halogens is 7. The minimum atomic E-state index is -5.25.